The van der Waals surface area contributed by atoms with Gasteiger partial charge in [0.05, 0.1) is 16.7 Å². The lowest BCUT2D eigenvalue weighted by molar-refractivity contribution is -0.385. The molecule has 0 saturated carbocycles. The second kappa shape index (κ2) is 6.91. The maximum Gasteiger partial charge on any atom is 0.273 e. The van der Waals surface area contributed by atoms with E-state index in [0.717, 1.165) is 0 Å². The van der Waals surface area contributed by atoms with Crippen LogP contribution in [0.2, 0.25) is 0 Å². The number of carbonyl (C=O) groups is 1. The van der Waals surface area contributed by atoms with Gasteiger partial charge in [-0.3, -0.25) is 14.9 Å². The fourth-order valence-corrected chi connectivity index (χ4v) is 2.07. The number of para-hydroxylation sites is 2. The van der Waals surface area contributed by atoms with Crippen LogP contribution < -0.4 is 10.1 Å². The predicted molar refractivity (Wildman–Crippen MR) is 88.0 cm³/mol. The van der Waals surface area contributed by atoms with Crippen molar-refractivity contribution in [2.45, 2.75) is 26.9 Å². The van der Waals surface area contributed by atoms with Crippen LogP contribution in [0.1, 0.15) is 29.8 Å². The summed E-state index contributed by atoms with van der Waals surface area (Å²) in [4.78, 5) is 22.8. The lowest BCUT2D eigenvalue weighted by atomic mass is 10.1. The third-order valence-electron chi connectivity index (χ3n) is 3.17. The van der Waals surface area contributed by atoms with Crippen molar-refractivity contribution in [1.82, 2.24) is 0 Å². The van der Waals surface area contributed by atoms with Gasteiger partial charge in [-0.15, -0.1) is 0 Å². The van der Waals surface area contributed by atoms with Crippen molar-refractivity contribution in [3.8, 4) is 5.75 Å². The molecule has 0 atom stereocenters. The van der Waals surface area contributed by atoms with Crippen LogP contribution in [-0.2, 0) is 0 Å². The molecule has 1 N–H and O–H groups in total. The highest BCUT2D eigenvalue weighted by atomic mass is 16.6. The molecule has 0 radical (unpaired) electrons. The average molecular weight is 314 g/mol. The average Bonchev–Trinajstić information content (AvgIpc) is 2.48. The number of hydrogen-bond donors (Lipinski definition) is 1. The molecule has 120 valence electrons. The van der Waals surface area contributed by atoms with Gasteiger partial charge < -0.3 is 10.1 Å². The molecule has 0 aliphatic carbocycles. The summed E-state index contributed by atoms with van der Waals surface area (Å²) in [5, 5.41) is 13.7. The Morgan fingerprint density at radius 3 is 2.57 bits per heavy atom. The van der Waals surface area contributed by atoms with E-state index in [0.29, 0.717) is 17.0 Å². The second-order valence-corrected chi connectivity index (χ2v) is 5.38. The molecule has 0 aliphatic heterocycles. The van der Waals surface area contributed by atoms with Crippen LogP contribution in [0.5, 0.6) is 5.75 Å². The third kappa shape index (κ3) is 4.06. The van der Waals surface area contributed by atoms with Crippen molar-refractivity contribution in [1.29, 1.82) is 0 Å². The summed E-state index contributed by atoms with van der Waals surface area (Å²) in [6.45, 7) is 5.41. The molecule has 0 bridgehead atoms. The van der Waals surface area contributed by atoms with Crippen molar-refractivity contribution in [2.24, 2.45) is 0 Å². The zero-order valence-electron chi connectivity index (χ0n) is 13.2. The number of nitrogens with one attached hydrogen (secondary N) is 1. The first-order valence-corrected chi connectivity index (χ1v) is 7.20. The largest absolute Gasteiger partial charge is 0.489 e. The normalized spacial score (nSPS) is 10.4. The highest BCUT2D eigenvalue weighted by molar-refractivity contribution is 6.05. The van der Waals surface area contributed by atoms with Gasteiger partial charge in [0.2, 0.25) is 0 Å². The molecule has 2 aromatic carbocycles. The maximum absolute atomic E-state index is 12.3. The van der Waals surface area contributed by atoms with E-state index < -0.39 is 10.8 Å². The summed E-state index contributed by atoms with van der Waals surface area (Å²) in [7, 11) is 0. The summed E-state index contributed by atoms with van der Waals surface area (Å²) in [5.41, 5.74) is 1.18. The number of amides is 1. The van der Waals surface area contributed by atoms with Gasteiger partial charge in [0.1, 0.15) is 5.75 Å². The molecule has 6 nitrogen and oxygen atoms in total. The minimum atomic E-state index is -0.498. The van der Waals surface area contributed by atoms with Crippen molar-refractivity contribution in [3.63, 3.8) is 0 Å². The Morgan fingerprint density at radius 2 is 1.91 bits per heavy atom. The Kier molecular flexibility index (Phi) is 4.95. The summed E-state index contributed by atoms with van der Waals surface area (Å²) >= 11 is 0. The van der Waals surface area contributed by atoms with Gasteiger partial charge in [0.25, 0.3) is 11.6 Å². The number of nitro benzene ring substituents is 1. The summed E-state index contributed by atoms with van der Waals surface area (Å²) in [6, 6.07) is 11.5. The number of nitrogens with zero attached hydrogens (tertiary/aromatic N) is 1. The van der Waals surface area contributed by atoms with Crippen LogP contribution in [0.4, 0.5) is 11.4 Å². The first-order valence-electron chi connectivity index (χ1n) is 7.20. The lowest BCUT2D eigenvalue weighted by Gasteiger charge is -2.14. The van der Waals surface area contributed by atoms with E-state index in [1.54, 1.807) is 37.3 Å². The molecular weight excluding hydrogens is 296 g/mol. The molecule has 2 rings (SSSR count). The van der Waals surface area contributed by atoms with E-state index in [1.165, 1.54) is 6.07 Å². The van der Waals surface area contributed by atoms with Crippen LogP contribution in [0.3, 0.4) is 0 Å². The number of anilines is 1. The maximum atomic E-state index is 12.3. The Bertz CT molecular complexity index is 741. The third-order valence-corrected chi connectivity index (χ3v) is 3.17. The Morgan fingerprint density at radius 1 is 1.22 bits per heavy atom. The van der Waals surface area contributed by atoms with Gasteiger partial charge in [-0.25, -0.2) is 0 Å². The molecule has 0 fully saturated rings. The minimum Gasteiger partial charge on any atom is -0.489 e. The smallest absolute Gasteiger partial charge is 0.273 e. The van der Waals surface area contributed by atoms with E-state index >= 15 is 0 Å². The number of carbonyl (C=O) groups excluding carboxylic acids is 1. The zero-order valence-corrected chi connectivity index (χ0v) is 13.2. The van der Waals surface area contributed by atoms with E-state index in [-0.39, 0.29) is 17.4 Å². The van der Waals surface area contributed by atoms with Crippen molar-refractivity contribution < 1.29 is 14.5 Å². The van der Waals surface area contributed by atoms with Crippen LogP contribution in [-0.4, -0.2) is 16.9 Å². The number of hydrogen-bond acceptors (Lipinski definition) is 4. The Balaban J connectivity index is 2.26. The highest BCUT2D eigenvalue weighted by Crippen LogP contribution is 2.26. The fourth-order valence-electron chi connectivity index (χ4n) is 2.07. The minimum absolute atomic E-state index is 0.0338. The van der Waals surface area contributed by atoms with E-state index in [4.69, 9.17) is 4.74 Å². The van der Waals surface area contributed by atoms with E-state index in [2.05, 4.69) is 5.32 Å². The SMILES string of the molecule is Cc1ccc(C(=O)Nc2ccccc2OC(C)C)cc1[N+](=O)[O-]. The number of aryl methyl sites for hydroxylation is 1. The summed E-state index contributed by atoms with van der Waals surface area (Å²) in [5.74, 6) is 0.130. The van der Waals surface area contributed by atoms with E-state index in [9.17, 15) is 14.9 Å². The Hall–Kier alpha value is -2.89. The number of nitro groups is 1. The quantitative estimate of drug-likeness (QED) is 0.669. The van der Waals surface area contributed by atoms with Crippen LogP contribution >= 0.6 is 0 Å². The van der Waals surface area contributed by atoms with Crippen molar-refractivity contribution in [3.05, 3.63) is 63.7 Å². The molecule has 6 heteroatoms. The number of rotatable bonds is 5. The predicted octanol–water partition coefficient (Wildman–Crippen LogP) is 3.94. The lowest BCUT2D eigenvalue weighted by Crippen LogP contribution is -2.14. The molecule has 2 aromatic rings. The van der Waals surface area contributed by atoms with Crippen molar-refractivity contribution in [2.75, 3.05) is 5.32 Å². The van der Waals surface area contributed by atoms with Gasteiger partial charge in [-0.2, -0.15) is 0 Å². The molecule has 0 unspecified atom stereocenters. The van der Waals surface area contributed by atoms with Gasteiger partial charge in [0, 0.05) is 17.2 Å². The van der Waals surface area contributed by atoms with Crippen LogP contribution in [0, 0.1) is 17.0 Å². The van der Waals surface area contributed by atoms with Gasteiger partial charge in [0.15, 0.2) is 0 Å². The summed E-state index contributed by atoms with van der Waals surface area (Å²) < 4.78 is 5.64. The second-order valence-electron chi connectivity index (χ2n) is 5.38. The molecule has 0 saturated heterocycles. The molecule has 0 heterocycles. The van der Waals surface area contributed by atoms with Gasteiger partial charge in [-0.05, 0) is 39.0 Å². The number of ether oxygens (including phenoxy) is 1. The first kappa shape index (κ1) is 16.5. The molecule has 1 amide bonds. The van der Waals surface area contributed by atoms with Crippen LogP contribution in [0.25, 0.3) is 0 Å². The topological polar surface area (TPSA) is 81.5 Å². The molecule has 0 aliphatic rings. The van der Waals surface area contributed by atoms with Gasteiger partial charge >= 0.3 is 0 Å². The monoisotopic (exact) mass is 314 g/mol. The fraction of sp³-hybridized carbons (Fsp3) is 0.235. The number of benzene rings is 2. The zero-order chi connectivity index (χ0) is 17.0. The molecule has 0 spiro atoms. The van der Waals surface area contributed by atoms with Crippen LogP contribution in [0.15, 0.2) is 42.5 Å². The molecule has 23 heavy (non-hydrogen) atoms. The Labute approximate surface area is 134 Å². The van der Waals surface area contributed by atoms with Crippen molar-refractivity contribution >= 4 is 17.3 Å². The van der Waals surface area contributed by atoms with E-state index in [1.807, 2.05) is 19.9 Å². The highest BCUT2D eigenvalue weighted by Gasteiger charge is 2.16. The molecular formula is C17H18N2O4. The summed E-state index contributed by atoms with van der Waals surface area (Å²) in [6.07, 6.45) is -0.0338. The van der Waals surface area contributed by atoms with Gasteiger partial charge in [-0.1, -0.05) is 18.2 Å². The standard InChI is InChI=1S/C17H18N2O4/c1-11(2)23-16-7-5-4-6-14(16)18-17(20)13-9-8-12(3)15(10-13)19(21)22/h4-11H,1-3H3,(H,18,20). The first-order chi connectivity index (χ1) is 10.9. The molecule has 0 aromatic heterocycles.